The number of hydrogen-bond acceptors (Lipinski definition) is 7. The lowest BCUT2D eigenvalue weighted by molar-refractivity contribution is -0.141. The van der Waals surface area contributed by atoms with Crippen LogP contribution in [0.4, 0.5) is 4.39 Å². The quantitative estimate of drug-likeness (QED) is 0.253. The molecular formula is C20H17FN2O5S. The summed E-state index contributed by atoms with van der Waals surface area (Å²) in [6.45, 7) is -0.340. The lowest BCUT2D eigenvalue weighted by Gasteiger charge is -2.12. The van der Waals surface area contributed by atoms with Gasteiger partial charge in [0.1, 0.15) is 18.1 Å². The Morgan fingerprint density at radius 3 is 2.66 bits per heavy atom. The topological polar surface area (TPSA) is 87.5 Å². The summed E-state index contributed by atoms with van der Waals surface area (Å²) in [6, 6.07) is 10.4. The fourth-order valence-electron chi connectivity index (χ4n) is 2.70. The van der Waals surface area contributed by atoms with Crippen molar-refractivity contribution in [1.82, 2.24) is 9.55 Å². The van der Waals surface area contributed by atoms with Crippen LogP contribution >= 0.6 is 11.8 Å². The normalized spacial score (nSPS) is 10.7. The standard InChI is InChI=1S/C20H17FN2O5S/c1-27-17-8-7-12(21)9-14(17)16(24)11-29-20-22-15-6-4-3-5-13(15)19(26)23(20)10-18(25)28-2/h3-9H,10-11H2,1-2H3. The molecule has 1 aromatic heterocycles. The highest BCUT2D eigenvalue weighted by atomic mass is 32.2. The number of Topliss-reactive ketones (excluding diaryl/α,β-unsaturated/α-hetero) is 1. The minimum atomic E-state index is -0.621. The van der Waals surface area contributed by atoms with Crippen LogP contribution in [0.1, 0.15) is 10.4 Å². The van der Waals surface area contributed by atoms with Crippen LogP contribution in [-0.4, -0.2) is 41.3 Å². The van der Waals surface area contributed by atoms with Crippen LogP contribution in [0.15, 0.2) is 52.4 Å². The van der Waals surface area contributed by atoms with Crippen molar-refractivity contribution < 1.29 is 23.5 Å². The van der Waals surface area contributed by atoms with E-state index in [1.54, 1.807) is 24.3 Å². The number of nitrogens with zero attached hydrogens (tertiary/aromatic N) is 2. The number of carbonyl (C=O) groups is 2. The van der Waals surface area contributed by atoms with E-state index in [1.807, 2.05) is 0 Å². The fraction of sp³-hybridized carbons (Fsp3) is 0.200. The molecule has 0 N–H and O–H groups in total. The third-order valence-electron chi connectivity index (χ3n) is 4.14. The van der Waals surface area contributed by atoms with E-state index in [2.05, 4.69) is 9.72 Å². The second-order valence-corrected chi connectivity index (χ2v) is 6.88. The lowest BCUT2D eigenvalue weighted by atomic mass is 10.1. The molecule has 3 aromatic rings. The van der Waals surface area contributed by atoms with Crippen LogP contribution in [0.3, 0.4) is 0 Å². The van der Waals surface area contributed by atoms with Gasteiger partial charge in [0, 0.05) is 0 Å². The molecule has 1 heterocycles. The summed E-state index contributed by atoms with van der Waals surface area (Å²) in [5.74, 6) is -1.48. The summed E-state index contributed by atoms with van der Waals surface area (Å²) in [5, 5.41) is 0.529. The second-order valence-electron chi connectivity index (χ2n) is 5.94. The highest BCUT2D eigenvalue weighted by molar-refractivity contribution is 7.99. The molecule has 0 amide bonds. The lowest BCUT2D eigenvalue weighted by Crippen LogP contribution is -2.27. The van der Waals surface area contributed by atoms with E-state index in [4.69, 9.17) is 4.74 Å². The van der Waals surface area contributed by atoms with Crippen molar-refractivity contribution in [1.29, 1.82) is 0 Å². The molecule has 0 atom stereocenters. The zero-order chi connectivity index (χ0) is 21.0. The van der Waals surface area contributed by atoms with E-state index < -0.39 is 23.1 Å². The largest absolute Gasteiger partial charge is 0.496 e. The number of halogens is 1. The van der Waals surface area contributed by atoms with Gasteiger partial charge < -0.3 is 9.47 Å². The first-order chi connectivity index (χ1) is 13.9. The Morgan fingerprint density at radius 1 is 1.17 bits per heavy atom. The Kier molecular flexibility index (Phi) is 6.28. The number of benzene rings is 2. The smallest absolute Gasteiger partial charge is 0.325 e. The fourth-order valence-corrected chi connectivity index (χ4v) is 3.58. The predicted octanol–water partition coefficient (Wildman–Crippen LogP) is 2.69. The van der Waals surface area contributed by atoms with Gasteiger partial charge in [-0.25, -0.2) is 9.37 Å². The maximum Gasteiger partial charge on any atom is 0.325 e. The van der Waals surface area contributed by atoms with Crippen molar-refractivity contribution in [3.05, 3.63) is 64.2 Å². The number of methoxy groups -OCH3 is 2. The monoisotopic (exact) mass is 416 g/mol. The zero-order valence-corrected chi connectivity index (χ0v) is 16.5. The minimum Gasteiger partial charge on any atom is -0.496 e. The summed E-state index contributed by atoms with van der Waals surface area (Å²) >= 11 is 0.973. The molecule has 9 heteroatoms. The van der Waals surface area contributed by atoms with Crippen molar-refractivity contribution in [2.24, 2.45) is 0 Å². The van der Waals surface area contributed by atoms with E-state index >= 15 is 0 Å². The highest BCUT2D eigenvalue weighted by Crippen LogP contribution is 2.24. The van der Waals surface area contributed by atoms with E-state index in [0.717, 1.165) is 22.4 Å². The molecule has 0 spiro atoms. The van der Waals surface area contributed by atoms with Crippen molar-refractivity contribution in [2.45, 2.75) is 11.7 Å². The molecule has 0 bridgehead atoms. The van der Waals surface area contributed by atoms with Gasteiger partial charge in [-0.15, -0.1) is 0 Å². The average Bonchev–Trinajstić information content (AvgIpc) is 2.74. The summed E-state index contributed by atoms with van der Waals surface area (Å²) in [6.07, 6.45) is 0. The van der Waals surface area contributed by atoms with Crippen LogP contribution in [0.25, 0.3) is 10.9 Å². The van der Waals surface area contributed by atoms with E-state index in [0.29, 0.717) is 10.9 Å². The molecule has 0 saturated heterocycles. The van der Waals surface area contributed by atoms with Gasteiger partial charge in [0.25, 0.3) is 5.56 Å². The van der Waals surface area contributed by atoms with Gasteiger partial charge in [0.2, 0.25) is 0 Å². The number of aromatic nitrogens is 2. The molecule has 0 radical (unpaired) electrons. The number of rotatable bonds is 7. The summed E-state index contributed by atoms with van der Waals surface area (Å²) < 4.78 is 24.5. The maximum absolute atomic E-state index is 13.6. The van der Waals surface area contributed by atoms with Crippen molar-refractivity contribution in [3.8, 4) is 5.75 Å². The van der Waals surface area contributed by atoms with Gasteiger partial charge in [-0.3, -0.25) is 19.0 Å². The number of hydrogen-bond donors (Lipinski definition) is 0. The zero-order valence-electron chi connectivity index (χ0n) is 15.7. The first kappa shape index (κ1) is 20.5. The molecule has 0 saturated carbocycles. The van der Waals surface area contributed by atoms with Gasteiger partial charge >= 0.3 is 5.97 Å². The molecule has 0 fully saturated rings. The number of para-hydroxylation sites is 1. The van der Waals surface area contributed by atoms with Crippen molar-refractivity contribution >= 4 is 34.4 Å². The van der Waals surface area contributed by atoms with Crippen LogP contribution in [0, 0.1) is 5.82 Å². The van der Waals surface area contributed by atoms with Crippen molar-refractivity contribution in [2.75, 3.05) is 20.0 Å². The van der Waals surface area contributed by atoms with Gasteiger partial charge in [0.15, 0.2) is 10.9 Å². The Bertz CT molecular complexity index is 1150. The van der Waals surface area contributed by atoms with Gasteiger partial charge in [-0.05, 0) is 30.3 Å². The number of esters is 1. The third kappa shape index (κ3) is 4.45. The maximum atomic E-state index is 13.6. The van der Waals surface area contributed by atoms with E-state index in [9.17, 15) is 18.8 Å². The summed E-state index contributed by atoms with van der Waals surface area (Å²) in [7, 11) is 2.60. The SMILES string of the molecule is COC(=O)Cn1c(SCC(=O)c2cc(F)ccc2OC)nc2ccccc2c1=O. The number of thioether (sulfide) groups is 1. The molecule has 150 valence electrons. The average molecular weight is 416 g/mol. The van der Waals surface area contributed by atoms with Crippen molar-refractivity contribution in [3.63, 3.8) is 0 Å². The third-order valence-corrected chi connectivity index (χ3v) is 5.11. The Balaban J connectivity index is 1.96. The first-order valence-electron chi connectivity index (χ1n) is 8.50. The molecule has 7 nitrogen and oxygen atoms in total. The molecule has 29 heavy (non-hydrogen) atoms. The molecular weight excluding hydrogens is 399 g/mol. The molecule has 0 aliphatic carbocycles. The van der Waals surface area contributed by atoms with E-state index in [1.165, 1.54) is 26.4 Å². The minimum absolute atomic E-state index is 0.0858. The first-order valence-corrected chi connectivity index (χ1v) is 9.49. The summed E-state index contributed by atoms with van der Waals surface area (Å²) in [4.78, 5) is 41.6. The molecule has 2 aromatic carbocycles. The Morgan fingerprint density at radius 2 is 1.93 bits per heavy atom. The number of ketones is 1. The number of carbonyl (C=O) groups excluding carboxylic acids is 2. The van der Waals surface area contributed by atoms with E-state index in [-0.39, 0.29) is 28.8 Å². The van der Waals surface area contributed by atoms with Crippen LogP contribution in [0.2, 0.25) is 0 Å². The predicted molar refractivity (Wildman–Crippen MR) is 106 cm³/mol. The summed E-state index contributed by atoms with van der Waals surface area (Å²) in [5.41, 5.74) is 0.110. The van der Waals surface area contributed by atoms with Crippen LogP contribution in [-0.2, 0) is 16.1 Å². The van der Waals surface area contributed by atoms with Gasteiger partial charge in [0.05, 0.1) is 36.4 Å². The Hall–Kier alpha value is -3.20. The van der Waals surface area contributed by atoms with Crippen LogP contribution < -0.4 is 10.3 Å². The van der Waals surface area contributed by atoms with Gasteiger partial charge in [-0.1, -0.05) is 23.9 Å². The van der Waals surface area contributed by atoms with Crippen LogP contribution in [0.5, 0.6) is 5.75 Å². The Labute approximate surface area is 169 Å². The highest BCUT2D eigenvalue weighted by Gasteiger charge is 2.18. The number of fused-ring (bicyclic) bond motifs is 1. The van der Waals surface area contributed by atoms with Gasteiger partial charge in [-0.2, -0.15) is 0 Å². The molecule has 0 aliphatic rings. The number of ether oxygens (including phenoxy) is 2. The molecule has 0 unspecified atom stereocenters. The second kappa shape index (κ2) is 8.87. The molecule has 3 rings (SSSR count). The molecule has 0 aliphatic heterocycles.